The molecule has 7 heteroatoms. The van der Waals surface area contributed by atoms with E-state index in [4.69, 9.17) is 24.2 Å². The zero-order chi connectivity index (χ0) is 34.5. The summed E-state index contributed by atoms with van der Waals surface area (Å²) >= 11 is 0. The van der Waals surface area contributed by atoms with Gasteiger partial charge in [-0.2, -0.15) is 0 Å². The number of ether oxygens (including phenoxy) is 3. The van der Waals surface area contributed by atoms with Crippen molar-refractivity contribution in [3.8, 4) is 23.0 Å². The van der Waals surface area contributed by atoms with Crippen LogP contribution < -0.4 is 14.4 Å². The van der Waals surface area contributed by atoms with Gasteiger partial charge >= 0.3 is 21.1 Å². The summed E-state index contributed by atoms with van der Waals surface area (Å²) < 4.78 is 19.9. The van der Waals surface area contributed by atoms with Crippen molar-refractivity contribution in [3.63, 3.8) is 0 Å². The van der Waals surface area contributed by atoms with Crippen molar-refractivity contribution in [2.24, 2.45) is 4.99 Å². The predicted octanol–water partition coefficient (Wildman–Crippen LogP) is 10.7. The molecule has 256 valence electrons. The van der Waals surface area contributed by atoms with Crippen LogP contribution in [0.3, 0.4) is 0 Å². The van der Waals surface area contributed by atoms with Gasteiger partial charge in [0.05, 0.1) is 5.69 Å². The molecule has 1 aromatic heterocycles. The largest absolute Gasteiger partial charge is 2.00 e. The van der Waals surface area contributed by atoms with E-state index in [1.807, 2.05) is 49.5 Å². The van der Waals surface area contributed by atoms with Gasteiger partial charge in [0.2, 0.25) is 0 Å². The molecule has 8 rings (SSSR count). The van der Waals surface area contributed by atoms with E-state index in [1.165, 1.54) is 16.7 Å². The third-order valence-electron chi connectivity index (χ3n) is 11.0. The van der Waals surface area contributed by atoms with Gasteiger partial charge in [0.25, 0.3) is 0 Å². The number of hydrogen-bond donors (Lipinski definition) is 0. The van der Waals surface area contributed by atoms with Crippen LogP contribution in [0.15, 0.2) is 90.1 Å². The number of aromatic nitrogens is 1. The molecular weight excluding hydrogens is 802 g/mol. The Morgan fingerprint density at radius 1 is 0.800 bits per heavy atom. The van der Waals surface area contributed by atoms with Crippen molar-refractivity contribution >= 4 is 23.1 Å². The minimum Gasteiger partial charge on any atom is -0.513 e. The number of para-hydroxylation sites is 2. The molecule has 0 amide bonds. The number of aliphatic imine (C=N–C) groups is 1. The molecule has 6 nitrogen and oxygen atoms in total. The van der Waals surface area contributed by atoms with Crippen LogP contribution in [0, 0.1) is 26.0 Å². The fourth-order valence-corrected chi connectivity index (χ4v) is 7.68. The molecule has 0 spiro atoms. The SMILES string of the molecule is Cc1cc(C)c(C2=N[C@]3(C)c4ccccc4C(C)(C)[C@]3(C)O2)[c-]c1Oc1[c-]c2c(cc1)Oc1ccccc1N2c1cc(C(C)(C)C)ccn1.[Pt+2]. The van der Waals surface area contributed by atoms with Gasteiger partial charge in [-0.05, 0) is 65.9 Å². The van der Waals surface area contributed by atoms with Crippen LogP contribution in [0.2, 0.25) is 0 Å². The van der Waals surface area contributed by atoms with E-state index in [1.54, 1.807) is 0 Å². The molecule has 0 bridgehead atoms. The van der Waals surface area contributed by atoms with Gasteiger partial charge in [0.1, 0.15) is 28.6 Å². The second kappa shape index (κ2) is 11.6. The summed E-state index contributed by atoms with van der Waals surface area (Å²) in [5, 5.41) is 0. The Labute approximate surface area is 309 Å². The van der Waals surface area contributed by atoms with Crippen molar-refractivity contribution in [1.82, 2.24) is 4.98 Å². The molecule has 0 fully saturated rings. The molecule has 0 unspecified atom stereocenters. The summed E-state index contributed by atoms with van der Waals surface area (Å²) in [7, 11) is 0. The van der Waals surface area contributed by atoms with E-state index in [9.17, 15) is 0 Å². The Morgan fingerprint density at radius 3 is 2.28 bits per heavy atom. The van der Waals surface area contributed by atoms with Crippen molar-refractivity contribution in [1.29, 1.82) is 0 Å². The van der Waals surface area contributed by atoms with E-state index in [2.05, 4.69) is 115 Å². The first-order valence-electron chi connectivity index (χ1n) is 16.9. The topological polar surface area (TPSA) is 56.2 Å². The van der Waals surface area contributed by atoms with Crippen molar-refractivity contribution in [2.75, 3.05) is 4.90 Å². The average molecular weight is 843 g/mol. The van der Waals surface area contributed by atoms with Crippen LogP contribution in [0.25, 0.3) is 0 Å². The van der Waals surface area contributed by atoms with Gasteiger partial charge < -0.3 is 19.1 Å². The first kappa shape index (κ1) is 34.1. The molecule has 3 heterocycles. The summed E-state index contributed by atoms with van der Waals surface area (Å²) in [5.74, 6) is 3.92. The van der Waals surface area contributed by atoms with Crippen LogP contribution >= 0.6 is 0 Å². The Kier molecular flexibility index (Phi) is 7.88. The molecule has 50 heavy (non-hydrogen) atoms. The first-order chi connectivity index (χ1) is 23.2. The van der Waals surface area contributed by atoms with Gasteiger partial charge in [-0.3, -0.25) is 4.99 Å². The minimum absolute atomic E-state index is 0. The predicted molar refractivity (Wildman–Crippen MR) is 194 cm³/mol. The van der Waals surface area contributed by atoms with Gasteiger partial charge in [-0.15, -0.1) is 29.8 Å². The third-order valence-corrected chi connectivity index (χ3v) is 11.0. The minimum atomic E-state index is -0.574. The quantitative estimate of drug-likeness (QED) is 0.166. The summed E-state index contributed by atoms with van der Waals surface area (Å²) in [5.41, 5.74) is 6.63. The Bertz CT molecular complexity index is 2200. The van der Waals surface area contributed by atoms with Gasteiger partial charge in [-0.25, -0.2) is 4.98 Å². The number of benzene rings is 4. The molecule has 0 N–H and O–H groups in total. The number of anilines is 3. The molecule has 5 aromatic rings. The molecule has 2 aliphatic heterocycles. The number of pyridine rings is 1. The van der Waals surface area contributed by atoms with Crippen LogP contribution in [-0.2, 0) is 42.2 Å². The maximum atomic E-state index is 6.92. The third kappa shape index (κ3) is 4.93. The van der Waals surface area contributed by atoms with Crippen LogP contribution in [-0.4, -0.2) is 16.5 Å². The van der Waals surface area contributed by atoms with E-state index < -0.39 is 11.1 Å². The fraction of sp³-hybridized carbons (Fsp3) is 0.302. The van der Waals surface area contributed by atoms with Crippen LogP contribution in [0.1, 0.15) is 81.8 Å². The Hall–Kier alpha value is -4.41. The maximum absolute atomic E-state index is 6.92. The maximum Gasteiger partial charge on any atom is 2.00 e. The monoisotopic (exact) mass is 842 g/mol. The molecule has 1 aliphatic carbocycles. The molecule has 2 atom stereocenters. The van der Waals surface area contributed by atoms with Crippen LogP contribution in [0.5, 0.6) is 23.0 Å². The number of aryl methyl sites for hydroxylation is 2. The van der Waals surface area contributed by atoms with Crippen molar-refractivity contribution < 1.29 is 35.3 Å². The number of nitrogens with zero attached hydrogens (tertiary/aromatic N) is 3. The molecule has 0 saturated carbocycles. The van der Waals surface area contributed by atoms with Gasteiger partial charge in [0.15, 0.2) is 0 Å². The average Bonchev–Trinajstić information content (AvgIpc) is 3.42. The first-order valence-corrected chi connectivity index (χ1v) is 16.9. The molecule has 3 aliphatic rings. The number of rotatable bonds is 4. The second-order valence-electron chi connectivity index (χ2n) is 15.3. The number of fused-ring (bicyclic) bond motifs is 5. The summed E-state index contributed by atoms with van der Waals surface area (Å²) in [6.07, 6.45) is 1.86. The fourth-order valence-electron chi connectivity index (χ4n) is 7.68. The molecule has 4 aromatic carbocycles. The summed E-state index contributed by atoms with van der Waals surface area (Å²) in [4.78, 5) is 12.2. The van der Waals surface area contributed by atoms with Gasteiger partial charge in [0, 0.05) is 28.9 Å². The zero-order valence-electron chi connectivity index (χ0n) is 30.0. The number of hydrogen-bond acceptors (Lipinski definition) is 6. The van der Waals surface area contributed by atoms with Crippen LogP contribution in [0.4, 0.5) is 17.2 Å². The molecule has 0 saturated heterocycles. The summed E-state index contributed by atoms with van der Waals surface area (Å²) in [6.45, 7) is 19.6. The van der Waals surface area contributed by atoms with E-state index in [0.717, 1.165) is 39.6 Å². The standard InChI is InChI=1S/C43H41N3O3.Pt/c1-26-22-27(2)37(25-30(26)39-45-42(8)32-15-11-10-14-31(32)41(6,7)43(42,9)49-39)47-29-18-19-36-34(24-29)46(33-16-12-13-17-35(33)48-36)38-23-28(20-21-44-38)40(3,4)5;/h10-23H,1-9H3;/q-2;+2/t42-,43+;/m1./s1. The smallest absolute Gasteiger partial charge is 0.513 e. The Balaban J connectivity index is 0.00000392. The Morgan fingerprint density at radius 2 is 1.52 bits per heavy atom. The summed E-state index contributed by atoms with van der Waals surface area (Å²) in [6, 6.07) is 33.7. The molecular formula is C43H41N3O3Pt. The normalized spacial score (nSPS) is 21.1. The van der Waals surface area contributed by atoms with E-state index in [0.29, 0.717) is 23.1 Å². The van der Waals surface area contributed by atoms with Crippen molar-refractivity contribution in [2.45, 2.75) is 84.3 Å². The van der Waals surface area contributed by atoms with E-state index >= 15 is 0 Å². The van der Waals surface area contributed by atoms with Crippen molar-refractivity contribution in [3.05, 3.63) is 131 Å². The zero-order valence-corrected chi connectivity index (χ0v) is 32.2. The second-order valence-corrected chi connectivity index (χ2v) is 15.3. The van der Waals surface area contributed by atoms with Gasteiger partial charge in [-0.1, -0.05) is 102 Å². The molecule has 0 radical (unpaired) electrons. The van der Waals surface area contributed by atoms with E-state index in [-0.39, 0.29) is 31.9 Å².